The first-order valence-electron chi connectivity index (χ1n) is 5.44. The number of aliphatic hydroxyl groups excluding tert-OH is 1. The minimum Gasteiger partial charge on any atom is -0.391 e. The van der Waals surface area contributed by atoms with Crippen LogP contribution in [0.2, 0.25) is 0 Å². The van der Waals surface area contributed by atoms with Crippen LogP contribution in [0, 0.1) is 0 Å². The molecule has 1 aromatic rings. The molecule has 16 heavy (non-hydrogen) atoms. The van der Waals surface area contributed by atoms with Gasteiger partial charge in [-0.2, -0.15) is 0 Å². The first kappa shape index (κ1) is 11.1. The van der Waals surface area contributed by atoms with E-state index in [2.05, 4.69) is 0 Å². The third-order valence-corrected chi connectivity index (χ3v) is 2.96. The van der Waals surface area contributed by atoms with Gasteiger partial charge in [-0.05, 0) is 25.0 Å². The second-order valence-electron chi connectivity index (χ2n) is 4.13. The van der Waals surface area contributed by atoms with E-state index in [4.69, 9.17) is 5.73 Å². The molecular weight excluding hydrogens is 204 g/mol. The summed E-state index contributed by atoms with van der Waals surface area (Å²) in [6.07, 6.45) is 0.0364. The number of benzene rings is 1. The van der Waals surface area contributed by atoms with Gasteiger partial charge in [0.25, 0.3) is 0 Å². The van der Waals surface area contributed by atoms with Crippen molar-refractivity contribution in [1.29, 1.82) is 0 Å². The lowest BCUT2D eigenvalue weighted by Crippen LogP contribution is -2.48. The summed E-state index contributed by atoms with van der Waals surface area (Å²) in [5.41, 5.74) is 7.74. The Balaban J connectivity index is 2.22. The lowest BCUT2D eigenvalue weighted by atomic mass is 10.1. The molecule has 0 spiro atoms. The number of fused-ring (bicyclic) bond motifs is 1. The number of amides is 1. The maximum atomic E-state index is 12.0. The van der Waals surface area contributed by atoms with Crippen molar-refractivity contribution in [3.63, 3.8) is 0 Å². The van der Waals surface area contributed by atoms with Gasteiger partial charge in [0, 0.05) is 12.2 Å². The van der Waals surface area contributed by atoms with E-state index in [9.17, 15) is 9.90 Å². The number of anilines is 1. The van der Waals surface area contributed by atoms with Gasteiger partial charge in [0.1, 0.15) is 6.04 Å². The molecule has 1 heterocycles. The van der Waals surface area contributed by atoms with E-state index in [1.54, 1.807) is 4.90 Å². The Kier molecular flexibility index (Phi) is 2.94. The van der Waals surface area contributed by atoms with Crippen LogP contribution >= 0.6 is 0 Å². The molecule has 2 rings (SSSR count). The molecule has 4 heteroatoms. The van der Waals surface area contributed by atoms with Gasteiger partial charge in [0.05, 0.1) is 6.10 Å². The summed E-state index contributed by atoms with van der Waals surface area (Å²) in [5, 5.41) is 9.33. The zero-order valence-electron chi connectivity index (χ0n) is 9.26. The van der Waals surface area contributed by atoms with Crippen LogP contribution in [0.1, 0.15) is 12.5 Å². The first-order valence-corrected chi connectivity index (χ1v) is 5.44. The number of nitrogens with zero attached hydrogens (tertiary/aromatic N) is 1. The Morgan fingerprint density at radius 2 is 2.19 bits per heavy atom. The van der Waals surface area contributed by atoms with Crippen molar-refractivity contribution in [2.24, 2.45) is 5.73 Å². The zero-order valence-corrected chi connectivity index (χ0v) is 9.26. The SMILES string of the molecule is C[C@@H](O)[C@H](N)C(=O)N1CCc2ccccc21. The van der Waals surface area contributed by atoms with Gasteiger partial charge >= 0.3 is 0 Å². The molecule has 1 aliphatic rings. The molecule has 2 atom stereocenters. The van der Waals surface area contributed by atoms with Crippen LogP contribution in [0.15, 0.2) is 24.3 Å². The van der Waals surface area contributed by atoms with Gasteiger partial charge in [-0.15, -0.1) is 0 Å². The predicted octanol–water partition coefficient (Wildman–Crippen LogP) is 0.284. The van der Waals surface area contributed by atoms with Crippen molar-refractivity contribution in [2.75, 3.05) is 11.4 Å². The quantitative estimate of drug-likeness (QED) is 0.752. The molecule has 1 aliphatic heterocycles. The van der Waals surface area contributed by atoms with Crippen molar-refractivity contribution < 1.29 is 9.90 Å². The summed E-state index contributed by atoms with van der Waals surface area (Å²) in [6.45, 7) is 2.18. The van der Waals surface area contributed by atoms with Crippen molar-refractivity contribution in [2.45, 2.75) is 25.5 Å². The van der Waals surface area contributed by atoms with Crippen LogP contribution < -0.4 is 10.6 Å². The van der Waals surface area contributed by atoms with E-state index in [0.717, 1.165) is 17.7 Å². The number of para-hydroxylation sites is 1. The molecule has 3 N–H and O–H groups in total. The molecular formula is C12H16N2O2. The number of carbonyl (C=O) groups excluding carboxylic acids is 1. The lowest BCUT2D eigenvalue weighted by molar-refractivity contribution is -0.121. The predicted molar refractivity (Wildman–Crippen MR) is 62.2 cm³/mol. The fourth-order valence-corrected chi connectivity index (χ4v) is 1.95. The molecule has 4 nitrogen and oxygen atoms in total. The number of hydrogen-bond donors (Lipinski definition) is 2. The Hall–Kier alpha value is -1.39. The zero-order chi connectivity index (χ0) is 11.7. The van der Waals surface area contributed by atoms with Crippen LogP contribution in [0.3, 0.4) is 0 Å². The minimum absolute atomic E-state index is 0.208. The standard InChI is InChI=1S/C12H16N2O2/c1-8(15)11(13)12(16)14-7-6-9-4-2-3-5-10(9)14/h2-5,8,11,15H,6-7,13H2,1H3/t8-,11+/m1/s1. The van der Waals surface area contributed by atoms with E-state index < -0.39 is 12.1 Å². The smallest absolute Gasteiger partial charge is 0.246 e. The normalized spacial score (nSPS) is 18.1. The molecule has 0 bridgehead atoms. The molecule has 0 saturated carbocycles. The highest BCUT2D eigenvalue weighted by atomic mass is 16.3. The highest BCUT2D eigenvalue weighted by molar-refractivity contribution is 5.99. The largest absolute Gasteiger partial charge is 0.391 e. The van der Waals surface area contributed by atoms with E-state index in [0.29, 0.717) is 6.54 Å². The Morgan fingerprint density at radius 1 is 1.50 bits per heavy atom. The molecule has 0 saturated heterocycles. The Bertz CT molecular complexity index is 404. The van der Waals surface area contributed by atoms with Crippen molar-refractivity contribution in [3.8, 4) is 0 Å². The minimum atomic E-state index is -0.842. The topological polar surface area (TPSA) is 66.6 Å². The summed E-state index contributed by atoms with van der Waals surface area (Å²) in [7, 11) is 0. The summed E-state index contributed by atoms with van der Waals surface area (Å²) in [6, 6.07) is 6.94. The van der Waals surface area contributed by atoms with Gasteiger partial charge in [0.2, 0.25) is 5.91 Å². The Labute approximate surface area is 94.7 Å². The average molecular weight is 220 g/mol. The molecule has 0 unspecified atom stereocenters. The highest BCUT2D eigenvalue weighted by Crippen LogP contribution is 2.27. The monoisotopic (exact) mass is 220 g/mol. The number of aliphatic hydroxyl groups is 1. The van der Waals surface area contributed by atoms with E-state index in [1.165, 1.54) is 6.92 Å². The average Bonchev–Trinajstić information content (AvgIpc) is 2.70. The Morgan fingerprint density at radius 3 is 2.88 bits per heavy atom. The molecule has 0 aliphatic carbocycles. The number of rotatable bonds is 2. The van der Waals surface area contributed by atoms with Crippen LogP contribution in [0.4, 0.5) is 5.69 Å². The third kappa shape index (κ3) is 1.81. The van der Waals surface area contributed by atoms with Crippen LogP contribution in [0.25, 0.3) is 0 Å². The van der Waals surface area contributed by atoms with Crippen molar-refractivity contribution >= 4 is 11.6 Å². The summed E-state index contributed by atoms with van der Waals surface area (Å²) >= 11 is 0. The van der Waals surface area contributed by atoms with Crippen LogP contribution in [0.5, 0.6) is 0 Å². The van der Waals surface area contributed by atoms with Crippen LogP contribution in [-0.2, 0) is 11.2 Å². The lowest BCUT2D eigenvalue weighted by Gasteiger charge is -2.22. The third-order valence-electron chi connectivity index (χ3n) is 2.96. The molecule has 0 aromatic heterocycles. The van der Waals surface area contributed by atoms with Crippen molar-refractivity contribution in [1.82, 2.24) is 0 Å². The molecule has 1 aromatic carbocycles. The van der Waals surface area contributed by atoms with Gasteiger partial charge in [0.15, 0.2) is 0 Å². The number of nitrogens with two attached hydrogens (primary N) is 1. The maximum absolute atomic E-state index is 12.0. The van der Waals surface area contributed by atoms with Crippen LogP contribution in [-0.4, -0.2) is 29.7 Å². The second-order valence-corrected chi connectivity index (χ2v) is 4.13. The fourth-order valence-electron chi connectivity index (χ4n) is 1.95. The van der Waals surface area contributed by atoms with Gasteiger partial charge in [-0.25, -0.2) is 0 Å². The number of carbonyl (C=O) groups is 1. The van der Waals surface area contributed by atoms with Gasteiger partial charge < -0.3 is 15.7 Å². The van der Waals surface area contributed by atoms with Gasteiger partial charge in [-0.3, -0.25) is 4.79 Å². The second kappa shape index (κ2) is 4.23. The molecule has 0 radical (unpaired) electrons. The summed E-state index contributed by atoms with van der Waals surface area (Å²) < 4.78 is 0. The molecule has 86 valence electrons. The van der Waals surface area contributed by atoms with Crippen molar-refractivity contribution in [3.05, 3.63) is 29.8 Å². The maximum Gasteiger partial charge on any atom is 0.246 e. The summed E-state index contributed by atoms with van der Waals surface area (Å²) in [4.78, 5) is 13.6. The fraction of sp³-hybridized carbons (Fsp3) is 0.417. The molecule has 1 amide bonds. The van der Waals surface area contributed by atoms with E-state index in [1.807, 2.05) is 24.3 Å². The van der Waals surface area contributed by atoms with Gasteiger partial charge in [-0.1, -0.05) is 18.2 Å². The first-order chi connectivity index (χ1) is 7.61. The molecule has 0 fully saturated rings. The number of hydrogen-bond acceptors (Lipinski definition) is 3. The van der Waals surface area contributed by atoms with E-state index in [-0.39, 0.29) is 5.91 Å². The highest BCUT2D eigenvalue weighted by Gasteiger charge is 2.29. The summed E-state index contributed by atoms with van der Waals surface area (Å²) in [5.74, 6) is -0.208. The van der Waals surface area contributed by atoms with E-state index >= 15 is 0 Å².